The molecule has 0 aliphatic rings. The quantitative estimate of drug-likeness (QED) is 0.135. The molecule has 8 heteroatoms. The first kappa shape index (κ1) is 30.7. The van der Waals surface area contributed by atoms with Gasteiger partial charge in [-0.15, -0.1) is 0 Å². The molecule has 0 fully saturated rings. The van der Waals surface area contributed by atoms with Crippen molar-refractivity contribution in [2.45, 2.75) is 84.8 Å². The largest absolute Gasteiger partial charge is 0.756 e. The number of phosphoric acid groups is 1. The van der Waals surface area contributed by atoms with Crippen LogP contribution in [0, 0.1) is 0 Å². The molecule has 0 amide bonds. The van der Waals surface area contributed by atoms with Crippen molar-refractivity contribution in [3.63, 3.8) is 0 Å². The van der Waals surface area contributed by atoms with Crippen LogP contribution in [0.25, 0.3) is 0 Å². The van der Waals surface area contributed by atoms with E-state index in [2.05, 4.69) is 20.8 Å². The molecule has 0 rings (SSSR count). The van der Waals surface area contributed by atoms with E-state index in [0.29, 0.717) is 8.97 Å². The topological polar surface area (TPSA) is 78.8 Å². The predicted octanol–water partition coefficient (Wildman–Crippen LogP) is 4.06. The van der Waals surface area contributed by atoms with E-state index in [1.165, 1.54) is 0 Å². The maximum atomic E-state index is 12.5. The number of nitrogens with zero attached hydrogens (tertiary/aromatic N) is 2. The summed E-state index contributed by atoms with van der Waals surface area (Å²) in [5, 5.41) is 11.1. The SMILES string of the molecule is CCC=CC(O)C(COP(=O)([O-])OC[N+](C)(C)C)[N+](CCCC)(CCCC)CCCC. The van der Waals surface area contributed by atoms with Crippen LogP contribution in [-0.4, -0.2) is 80.3 Å². The number of rotatable bonds is 19. The first-order valence-electron chi connectivity index (χ1n) is 12.1. The van der Waals surface area contributed by atoms with E-state index < -0.39 is 13.9 Å². The van der Waals surface area contributed by atoms with Gasteiger partial charge in [0, 0.05) is 0 Å². The number of allylic oxidation sites excluding steroid dienone is 1. The van der Waals surface area contributed by atoms with Crippen molar-refractivity contribution in [2.24, 2.45) is 0 Å². The Balaban J connectivity index is 5.84. The molecular weight excluding hydrogens is 415 g/mol. The van der Waals surface area contributed by atoms with E-state index in [0.717, 1.165) is 64.6 Å². The molecule has 0 spiro atoms. The van der Waals surface area contributed by atoms with Gasteiger partial charge in [0.05, 0.1) is 40.8 Å². The van der Waals surface area contributed by atoms with Crippen molar-refractivity contribution in [3.05, 3.63) is 12.2 Å². The summed E-state index contributed by atoms with van der Waals surface area (Å²) in [4.78, 5) is 12.5. The van der Waals surface area contributed by atoms with E-state index in [9.17, 15) is 14.6 Å². The smallest absolute Gasteiger partial charge is 0.272 e. The van der Waals surface area contributed by atoms with E-state index in [1.807, 2.05) is 34.1 Å². The number of hydrogen-bond donors (Lipinski definition) is 1. The second kappa shape index (κ2) is 15.5. The lowest BCUT2D eigenvalue weighted by molar-refractivity contribution is -0.954. The highest BCUT2D eigenvalue weighted by Gasteiger charge is 2.40. The van der Waals surface area contributed by atoms with Gasteiger partial charge in [0.15, 0.2) is 6.73 Å². The summed E-state index contributed by atoms with van der Waals surface area (Å²) in [6.45, 7) is 11.2. The summed E-state index contributed by atoms with van der Waals surface area (Å²) < 4.78 is 24.0. The number of unbranched alkanes of at least 4 members (excludes halogenated alkanes) is 3. The number of hydrogen-bond acceptors (Lipinski definition) is 5. The Hall–Kier alpha value is -0.270. The predicted molar refractivity (Wildman–Crippen MR) is 126 cm³/mol. The Labute approximate surface area is 191 Å². The highest BCUT2D eigenvalue weighted by molar-refractivity contribution is 7.45. The summed E-state index contributed by atoms with van der Waals surface area (Å²) in [5.41, 5.74) is 0. The third kappa shape index (κ3) is 13.1. The van der Waals surface area contributed by atoms with E-state index in [1.54, 1.807) is 6.08 Å². The molecule has 3 unspecified atom stereocenters. The van der Waals surface area contributed by atoms with Gasteiger partial charge >= 0.3 is 0 Å². The normalized spacial score (nSPS) is 17.1. The average molecular weight is 466 g/mol. The zero-order chi connectivity index (χ0) is 24.0. The first-order chi connectivity index (χ1) is 14.5. The van der Waals surface area contributed by atoms with Crippen molar-refractivity contribution >= 4 is 7.82 Å². The van der Waals surface area contributed by atoms with Crippen molar-refractivity contribution in [1.82, 2.24) is 0 Å². The third-order valence-electron chi connectivity index (χ3n) is 5.54. The van der Waals surface area contributed by atoms with Crippen molar-refractivity contribution in [1.29, 1.82) is 0 Å². The zero-order valence-electron chi connectivity index (χ0n) is 21.2. The van der Waals surface area contributed by atoms with Gasteiger partial charge in [0.1, 0.15) is 18.8 Å². The number of quaternary nitrogens is 2. The number of phosphoric ester groups is 1. The summed E-state index contributed by atoms with van der Waals surface area (Å²) in [6.07, 6.45) is 10.0. The number of aliphatic hydroxyl groups is 1. The Bertz CT molecular complexity index is 515. The molecule has 0 saturated carbocycles. The lowest BCUT2D eigenvalue weighted by atomic mass is 10.0. The van der Waals surface area contributed by atoms with Crippen LogP contribution in [0.15, 0.2) is 12.2 Å². The van der Waals surface area contributed by atoms with Gasteiger partial charge in [-0.3, -0.25) is 9.09 Å². The molecule has 0 saturated heterocycles. The van der Waals surface area contributed by atoms with Crippen LogP contribution in [0.5, 0.6) is 0 Å². The Morgan fingerprint density at radius 2 is 1.42 bits per heavy atom. The first-order valence-corrected chi connectivity index (χ1v) is 13.5. The molecule has 186 valence electrons. The van der Waals surface area contributed by atoms with Gasteiger partial charge in [-0.25, -0.2) is 0 Å². The minimum atomic E-state index is -4.47. The van der Waals surface area contributed by atoms with Gasteiger partial charge in [-0.05, 0) is 25.7 Å². The van der Waals surface area contributed by atoms with Crippen LogP contribution in [0.4, 0.5) is 0 Å². The van der Waals surface area contributed by atoms with E-state index in [4.69, 9.17) is 9.05 Å². The van der Waals surface area contributed by atoms with Crippen LogP contribution in [0.3, 0.4) is 0 Å². The molecule has 1 N–H and O–H groups in total. The van der Waals surface area contributed by atoms with E-state index in [-0.39, 0.29) is 19.4 Å². The fourth-order valence-corrected chi connectivity index (χ4v) is 4.58. The lowest BCUT2D eigenvalue weighted by Crippen LogP contribution is -2.62. The van der Waals surface area contributed by atoms with Gasteiger partial charge in [0.25, 0.3) is 7.82 Å². The fraction of sp³-hybridized carbons (Fsp3) is 0.913. The molecule has 7 nitrogen and oxygen atoms in total. The molecule has 0 heterocycles. The summed E-state index contributed by atoms with van der Waals surface area (Å²) >= 11 is 0. The van der Waals surface area contributed by atoms with Crippen molar-refractivity contribution in [3.8, 4) is 0 Å². The molecular formula is C23H50N2O5P+. The second-order valence-electron chi connectivity index (χ2n) is 9.64. The van der Waals surface area contributed by atoms with Crippen molar-refractivity contribution < 1.29 is 32.6 Å². The minimum Gasteiger partial charge on any atom is -0.756 e. The molecule has 3 atom stereocenters. The fourth-order valence-electron chi connectivity index (χ4n) is 3.69. The maximum absolute atomic E-state index is 12.5. The minimum absolute atomic E-state index is 0.00520. The van der Waals surface area contributed by atoms with Crippen LogP contribution in [0.2, 0.25) is 0 Å². The van der Waals surface area contributed by atoms with Crippen molar-refractivity contribution in [2.75, 3.05) is 54.1 Å². The summed E-state index contributed by atoms with van der Waals surface area (Å²) in [5.74, 6) is 0. The van der Waals surface area contributed by atoms with Crippen LogP contribution in [-0.2, 0) is 13.6 Å². The van der Waals surface area contributed by atoms with Gasteiger partial charge < -0.3 is 23.5 Å². The monoisotopic (exact) mass is 465 g/mol. The molecule has 0 aromatic heterocycles. The molecule has 0 radical (unpaired) electrons. The van der Waals surface area contributed by atoms with Crippen LogP contribution >= 0.6 is 7.82 Å². The van der Waals surface area contributed by atoms with Gasteiger partial charge in [-0.2, -0.15) is 0 Å². The molecule has 31 heavy (non-hydrogen) atoms. The molecule has 0 aliphatic carbocycles. The highest BCUT2D eigenvalue weighted by Crippen LogP contribution is 2.40. The van der Waals surface area contributed by atoms with Crippen LogP contribution in [0.1, 0.15) is 72.6 Å². The summed E-state index contributed by atoms with van der Waals surface area (Å²) in [6, 6.07) is -0.359. The van der Waals surface area contributed by atoms with Gasteiger partial charge in [-0.1, -0.05) is 59.1 Å². The number of aliphatic hydroxyl groups excluding tert-OH is 1. The molecule has 0 bridgehead atoms. The standard InChI is InChI=1S/C23H50N2O5P/c1-8-12-16-23(26)22(20-29-31(27,28)30-21-24(5,6)7)25(17-13-9-2,18-14-10-3)19-15-11-4/h12,16,22-23,26H,8-11,13-15,17-21H2,1-7H3/q+1. The molecule has 0 aromatic carbocycles. The lowest BCUT2D eigenvalue weighted by Gasteiger charge is -2.47. The second-order valence-corrected chi connectivity index (χ2v) is 11.0. The van der Waals surface area contributed by atoms with Gasteiger partial charge in [0.2, 0.25) is 0 Å². The maximum Gasteiger partial charge on any atom is 0.272 e. The summed E-state index contributed by atoms with van der Waals surface area (Å²) in [7, 11) is 1.09. The Morgan fingerprint density at radius 1 is 0.935 bits per heavy atom. The molecule has 0 aromatic rings. The Kier molecular flexibility index (Phi) is 15.4. The zero-order valence-corrected chi connectivity index (χ0v) is 22.1. The highest BCUT2D eigenvalue weighted by atomic mass is 31.2. The third-order valence-corrected chi connectivity index (χ3v) is 6.44. The van der Waals surface area contributed by atoms with Crippen LogP contribution < -0.4 is 4.89 Å². The average Bonchev–Trinajstić information content (AvgIpc) is 2.71. The Morgan fingerprint density at radius 3 is 1.81 bits per heavy atom. The molecule has 0 aliphatic heterocycles. The van der Waals surface area contributed by atoms with E-state index >= 15 is 0 Å².